The Bertz CT molecular complexity index is 467. The average molecular weight is 241 g/mol. The Labute approximate surface area is 101 Å². The van der Waals surface area contributed by atoms with Crippen LogP contribution >= 0.6 is 12.4 Å². The molecule has 0 aliphatic carbocycles. The van der Waals surface area contributed by atoms with Crippen molar-refractivity contribution in [3.63, 3.8) is 0 Å². The summed E-state index contributed by atoms with van der Waals surface area (Å²) in [6.07, 6.45) is 2.80. The molecule has 1 heterocycles. The summed E-state index contributed by atoms with van der Waals surface area (Å²) in [5.74, 6) is 0. The molecule has 0 bridgehead atoms. The molecule has 1 unspecified atom stereocenters. The van der Waals surface area contributed by atoms with E-state index in [2.05, 4.69) is 22.9 Å². The predicted octanol–water partition coefficient (Wildman–Crippen LogP) is 1.46. The molecule has 88 valence electrons. The molecule has 1 aromatic heterocycles. The van der Waals surface area contributed by atoms with Crippen LogP contribution in [-0.4, -0.2) is 22.3 Å². The van der Waals surface area contributed by atoms with Gasteiger partial charge < -0.3 is 15.4 Å². The maximum absolute atomic E-state index is 8.94. The number of hydrogen-bond acceptors (Lipinski definition) is 2. The van der Waals surface area contributed by atoms with Crippen LogP contribution in [0.1, 0.15) is 5.56 Å². The van der Waals surface area contributed by atoms with Gasteiger partial charge >= 0.3 is 0 Å². The average Bonchev–Trinajstić information content (AvgIpc) is 2.57. The fraction of sp³-hybridized carbons (Fsp3) is 0.333. The summed E-state index contributed by atoms with van der Waals surface area (Å²) in [4.78, 5) is 0. The Kier molecular flexibility index (Phi) is 4.35. The Morgan fingerprint density at radius 2 is 2.06 bits per heavy atom. The first-order valence-electron chi connectivity index (χ1n) is 5.11. The molecule has 2 rings (SSSR count). The van der Waals surface area contributed by atoms with Crippen molar-refractivity contribution in [1.29, 1.82) is 0 Å². The molecule has 1 atom stereocenters. The number of aromatic nitrogens is 1. The van der Waals surface area contributed by atoms with Gasteiger partial charge in [-0.15, -0.1) is 12.4 Å². The number of aryl methyl sites for hydroxylation is 1. The van der Waals surface area contributed by atoms with Crippen LogP contribution < -0.4 is 5.73 Å². The fourth-order valence-corrected chi connectivity index (χ4v) is 1.94. The minimum Gasteiger partial charge on any atom is -0.395 e. The lowest BCUT2D eigenvalue weighted by atomic mass is 10.1. The van der Waals surface area contributed by atoms with E-state index >= 15 is 0 Å². The first-order valence-corrected chi connectivity index (χ1v) is 5.11. The second kappa shape index (κ2) is 5.34. The van der Waals surface area contributed by atoms with Crippen LogP contribution in [-0.2, 0) is 13.5 Å². The molecule has 0 spiro atoms. The van der Waals surface area contributed by atoms with Crippen molar-refractivity contribution in [3.05, 3.63) is 36.0 Å². The van der Waals surface area contributed by atoms with Gasteiger partial charge in [0.05, 0.1) is 6.61 Å². The van der Waals surface area contributed by atoms with E-state index in [4.69, 9.17) is 10.8 Å². The number of hydrogen-bond donors (Lipinski definition) is 2. The van der Waals surface area contributed by atoms with Crippen molar-refractivity contribution in [2.24, 2.45) is 12.8 Å². The number of rotatable bonds is 3. The standard InChI is InChI=1S/C12H16N2O.ClH/c1-14-7-9(6-10(13)8-15)11-4-2-3-5-12(11)14;/h2-5,7,10,15H,6,8,13H2,1H3;1H. The van der Waals surface area contributed by atoms with E-state index in [0.717, 1.165) is 6.42 Å². The minimum absolute atomic E-state index is 0. The zero-order valence-corrected chi connectivity index (χ0v) is 10.1. The van der Waals surface area contributed by atoms with Crippen molar-refractivity contribution in [1.82, 2.24) is 4.57 Å². The van der Waals surface area contributed by atoms with Gasteiger partial charge in [-0.25, -0.2) is 0 Å². The lowest BCUT2D eigenvalue weighted by molar-refractivity contribution is 0.265. The van der Waals surface area contributed by atoms with E-state index in [1.54, 1.807) is 0 Å². The van der Waals surface area contributed by atoms with Gasteiger partial charge in [-0.1, -0.05) is 18.2 Å². The Hall–Kier alpha value is -1.03. The third-order valence-electron chi connectivity index (χ3n) is 2.70. The summed E-state index contributed by atoms with van der Waals surface area (Å²) in [7, 11) is 2.02. The van der Waals surface area contributed by atoms with E-state index in [1.165, 1.54) is 16.5 Å². The molecule has 4 heteroatoms. The summed E-state index contributed by atoms with van der Waals surface area (Å²) in [6, 6.07) is 8.06. The van der Waals surface area contributed by atoms with E-state index < -0.39 is 0 Å². The molecular weight excluding hydrogens is 224 g/mol. The number of halogens is 1. The molecule has 0 saturated heterocycles. The molecule has 0 saturated carbocycles. The minimum atomic E-state index is -0.171. The van der Waals surface area contributed by atoms with Crippen LogP contribution in [0.5, 0.6) is 0 Å². The lowest BCUT2D eigenvalue weighted by Crippen LogP contribution is -2.26. The largest absolute Gasteiger partial charge is 0.395 e. The van der Waals surface area contributed by atoms with Crippen molar-refractivity contribution < 1.29 is 5.11 Å². The van der Waals surface area contributed by atoms with E-state index in [9.17, 15) is 0 Å². The summed E-state index contributed by atoms with van der Waals surface area (Å²) in [5, 5.41) is 10.2. The number of aliphatic hydroxyl groups excluding tert-OH is 1. The molecule has 2 aromatic rings. The Balaban J connectivity index is 0.00000128. The van der Waals surface area contributed by atoms with Crippen molar-refractivity contribution in [2.45, 2.75) is 12.5 Å². The van der Waals surface area contributed by atoms with Crippen LogP contribution in [0.4, 0.5) is 0 Å². The smallest absolute Gasteiger partial charge is 0.0585 e. The maximum atomic E-state index is 8.94. The third-order valence-corrected chi connectivity index (χ3v) is 2.70. The molecule has 0 amide bonds. The van der Waals surface area contributed by atoms with E-state index in [1.807, 2.05) is 19.2 Å². The van der Waals surface area contributed by atoms with Crippen LogP contribution in [0, 0.1) is 0 Å². The highest BCUT2D eigenvalue weighted by atomic mass is 35.5. The SMILES string of the molecule is Cl.Cn1cc(CC(N)CO)c2ccccc21. The molecular formula is C12H17ClN2O. The molecule has 0 radical (unpaired) electrons. The second-order valence-electron chi connectivity index (χ2n) is 3.93. The molecule has 0 fully saturated rings. The summed E-state index contributed by atoms with van der Waals surface area (Å²) < 4.78 is 2.09. The molecule has 1 aromatic carbocycles. The monoisotopic (exact) mass is 240 g/mol. The topological polar surface area (TPSA) is 51.2 Å². The van der Waals surface area contributed by atoms with Gasteiger partial charge in [-0.3, -0.25) is 0 Å². The number of benzene rings is 1. The highest BCUT2D eigenvalue weighted by molar-refractivity contribution is 5.85. The fourth-order valence-electron chi connectivity index (χ4n) is 1.94. The first-order chi connectivity index (χ1) is 7.22. The number of para-hydroxylation sites is 1. The van der Waals surface area contributed by atoms with Gasteiger partial charge in [0.1, 0.15) is 0 Å². The third kappa shape index (κ3) is 2.38. The van der Waals surface area contributed by atoms with E-state index in [0.29, 0.717) is 0 Å². The summed E-state index contributed by atoms with van der Waals surface area (Å²) >= 11 is 0. The number of aliphatic hydroxyl groups is 1. The Morgan fingerprint density at radius 3 is 2.75 bits per heavy atom. The predicted molar refractivity (Wildman–Crippen MR) is 68.9 cm³/mol. The van der Waals surface area contributed by atoms with Crippen LogP contribution in [0.25, 0.3) is 10.9 Å². The van der Waals surface area contributed by atoms with Crippen molar-refractivity contribution >= 4 is 23.3 Å². The number of nitrogens with zero attached hydrogens (tertiary/aromatic N) is 1. The highest BCUT2D eigenvalue weighted by Crippen LogP contribution is 2.20. The molecule has 0 aliphatic rings. The molecule has 16 heavy (non-hydrogen) atoms. The van der Waals surface area contributed by atoms with Crippen molar-refractivity contribution in [2.75, 3.05) is 6.61 Å². The van der Waals surface area contributed by atoms with Gasteiger partial charge in [0.2, 0.25) is 0 Å². The molecule has 3 N–H and O–H groups in total. The normalized spacial score (nSPS) is 12.4. The van der Waals surface area contributed by atoms with Gasteiger partial charge in [0.15, 0.2) is 0 Å². The van der Waals surface area contributed by atoms with Gasteiger partial charge in [0, 0.05) is 30.2 Å². The van der Waals surface area contributed by atoms with Gasteiger partial charge in [0.25, 0.3) is 0 Å². The quantitative estimate of drug-likeness (QED) is 0.854. The first kappa shape index (κ1) is 13.0. The number of fused-ring (bicyclic) bond motifs is 1. The highest BCUT2D eigenvalue weighted by Gasteiger charge is 2.09. The van der Waals surface area contributed by atoms with Gasteiger partial charge in [-0.2, -0.15) is 0 Å². The van der Waals surface area contributed by atoms with E-state index in [-0.39, 0.29) is 25.1 Å². The van der Waals surface area contributed by atoms with Crippen molar-refractivity contribution in [3.8, 4) is 0 Å². The second-order valence-corrected chi connectivity index (χ2v) is 3.93. The maximum Gasteiger partial charge on any atom is 0.0585 e. The Morgan fingerprint density at radius 1 is 1.38 bits per heavy atom. The van der Waals surface area contributed by atoms with Crippen LogP contribution in [0.3, 0.4) is 0 Å². The zero-order valence-electron chi connectivity index (χ0n) is 9.26. The number of nitrogens with two attached hydrogens (primary N) is 1. The van der Waals surface area contributed by atoms with Gasteiger partial charge in [-0.05, 0) is 18.1 Å². The summed E-state index contributed by atoms with van der Waals surface area (Å²) in [5.41, 5.74) is 8.16. The van der Waals surface area contributed by atoms with Crippen LogP contribution in [0.2, 0.25) is 0 Å². The zero-order chi connectivity index (χ0) is 10.8. The van der Waals surface area contributed by atoms with Crippen LogP contribution in [0.15, 0.2) is 30.5 Å². The molecule has 0 aliphatic heterocycles. The summed E-state index contributed by atoms with van der Waals surface area (Å²) in [6.45, 7) is 0.0310. The molecule has 3 nitrogen and oxygen atoms in total. The lowest BCUT2D eigenvalue weighted by Gasteiger charge is -2.05.